The van der Waals surface area contributed by atoms with Gasteiger partial charge in [-0.1, -0.05) is 18.6 Å². The second kappa shape index (κ2) is 5.44. The topological polar surface area (TPSA) is 58.4 Å². The summed E-state index contributed by atoms with van der Waals surface area (Å²) >= 11 is 0. The smallest absolute Gasteiger partial charge is 0.253 e. The van der Waals surface area contributed by atoms with Gasteiger partial charge in [-0.05, 0) is 44.4 Å². The Kier molecular flexibility index (Phi) is 3.66. The standard InChI is InChI=1S/C16H23N3O/c1-11-5-4-6-12(15(11)17)16(20)18-13-8-10-19-9-3-2-7-14(13)19/h4-6,13-14H,2-3,7-10,17H2,1H3,(H,18,20). The average molecular weight is 273 g/mol. The molecule has 0 bridgehead atoms. The van der Waals surface area contributed by atoms with Crippen LogP contribution in [0.4, 0.5) is 5.69 Å². The van der Waals surface area contributed by atoms with E-state index in [9.17, 15) is 4.79 Å². The van der Waals surface area contributed by atoms with Gasteiger partial charge >= 0.3 is 0 Å². The van der Waals surface area contributed by atoms with Crippen LogP contribution in [0.1, 0.15) is 41.6 Å². The Morgan fingerprint density at radius 2 is 2.15 bits per heavy atom. The van der Waals surface area contributed by atoms with Crippen molar-refractivity contribution in [3.8, 4) is 0 Å². The lowest BCUT2D eigenvalue weighted by Crippen LogP contribution is -2.46. The number of piperidine rings is 1. The van der Waals surface area contributed by atoms with E-state index in [0.29, 0.717) is 17.3 Å². The molecule has 1 aromatic carbocycles. The minimum atomic E-state index is -0.0244. The summed E-state index contributed by atoms with van der Waals surface area (Å²) in [7, 11) is 0. The molecule has 2 saturated heterocycles. The molecule has 2 fully saturated rings. The van der Waals surface area contributed by atoms with Crippen LogP contribution in [-0.4, -0.2) is 36.0 Å². The van der Waals surface area contributed by atoms with E-state index in [2.05, 4.69) is 10.2 Å². The van der Waals surface area contributed by atoms with Gasteiger partial charge in [-0.2, -0.15) is 0 Å². The summed E-state index contributed by atoms with van der Waals surface area (Å²) in [4.78, 5) is 15.0. The number of para-hydroxylation sites is 1. The molecule has 2 atom stereocenters. The zero-order valence-corrected chi connectivity index (χ0v) is 12.1. The summed E-state index contributed by atoms with van der Waals surface area (Å²) < 4.78 is 0. The van der Waals surface area contributed by atoms with Crippen molar-refractivity contribution in [1.29, 1.82) is 0 Å². The van der Waals surface area contributed by atoms with Gasteiger partial charge in [0.25, 0.3) is 5.91 Å². The number of nitrogen functional groups attached to an aromatic ring is 1. The molecule has 108 valence electrons. The molecule has 2 aliphatic heterocycles. The van der Waals surface area contributed by atoms with E-state index in [1.54, 1.807) is 0 Å². The van der Waals surface area contributed by atoms with Crippen molar-refractivity contribution in [2.45, 2.75) is 44.7 Å². The largest absolute Gasteiger partial charge is 0.398 e. The van der Waals surface area contributed by atoms with Gasteiger partial charge in [0.1, 0.15) is 0 Å². The Morgan fingerprint density at radius 1 is 1.30 bits per heavy atom. The van der Waals surface area contributed by atoms with Crippen LogP contribution >= 0.6 is 0 Å². The monoisotopic (exact) mass is 273 g/mol. The first-order valence-corrected chi connectivity index (χ1v) is 7.57. The molecular weight excluding hydrogens is 250 g/mol. The van der Waals surface area contributed by atoms with Gasteiger partial charge in [-0.3, -0.25) is 9.69 Å². The number of carbonyl (C=O) groups excluding carboxylic acids is 1. The van der Waals surface area contributed by atoms with Crippen molar-refractivity contribution < 1.29 is 4.79 Å². The molecule has 20 heavy (non-hydrogen) atoms. The average Bonchev–Trinajstić information content (AvgIpc) is 2.85. The molecule has 0 spiro atoms. The van der Waals surface area contributed by atoms with Crippen LogP contribution < -0.4 is 11.1 Å². The molecule has 3 N–H and O–H groups in total. The fourth-order valence-electron chi connectivity index (χ4n) is 3.54. The predicted molar refractivity (Wildman–Crippen MR) is 80.7 cm³/mol. The first-order valence-electron chi connectivity index (χ1n) is 7.57. The normalized spacial score (nSPS) is 26.2. The number of benzene rings is 1. The molecule has 0 saturated carbocycles. The number of fused-ring (bicyclic) bond motifs is 1. The summed E-state index contributed by atoms with van der Waals surface area (Å²) in [5.41, 5.74) is 8.19. The lowest BCUT2D eigenvalue weighted by molar-refractivity contribution is 0.0916. The molecule has 4 nitrogen and oxygen atoms in total. The Morgan fingerprint density at radius 3 is 3.00 bits per heavy atom. The number of amides is 1. The maximum absolute atomic E-state index is 12.4. The highest BCUT2D eigenvalue weighted by molar-refractivity contribution is 5.99. The maximum atomic E-state index is 12.4. The van der Waals surface area contributed by atoms with Gasteiger partial charge in [0.2, 0.25) is 0 Å². The van der Waals surface area contributed by atoms with Crippen LogP contribution in [0.2, 0.25) is 0 Å². The number of carbonyl (C=O) groups is 1. The molecule has 2 heterocycles. The first kappa shape index (κ1) is 13.4. The number of rotatable bonds is 2. The Hall–Kier alpha value is -1.55. The minimum Gasteiger partial charge on any atom is -0.398 e. The molecule has 1 aromatic rings. The van der Waals surface area contributed by atoms with E-state index >= 15 is 0 Å². The summed E-state index contributed by atoms with van der Waals surface area (Å²) in [6.45, 7) is 4.23. The van der Waals surface area contributed by atoms with Crippen molar-refractivity contribution in [2.24, 2.45) is 0 Å². The molecule has 4 heteroatoms. The van der Waals surface area contributed by atoms with Gasteiger partial charge in [0.05, 0.1) is 5.56 Å². The Labute approximate surface area is 120 Å². The van der Waals surface area contributed by atoms with Crippen LogP contribution in [0.5, 0.6) is 0 Å². The van der Waals surface area contributed by atoms with Crippen molar-refractivity contribution in [3.63, 3.8) is 0 Å². The van der Waals surface area contributed by atoms with E-state index < -0.39 is 0 Å². The van der Waals surface area contributed by atoms with Crippen molar-refractivity contribution in [3.05, 3.63) is 29.3 Å². The van der Waals surface area contributed by atoms with Crippen LogP contribution in [0, 0.1) is 6.92 Å². The van der Waals surface area contributed by atoms with Gasteiger partial charge in [-0.15, -0.1) is 0 Å². The maximum Gasteiger partial charge on any atom is 0.253 e. The summed E-state index contributed by atoms with van der Waals surface area (Å²) in [5.74, 6) is -0.0244. The highest BCUT2D eigenvalue weighted by Crippen LogP contribution is 2.27. The molecule has 2 aliphatic rings. The predicted octanol–water partition coefficient (Wildman–Crippen LogP) is 1.93. The highest BCUT2D eigenvalue weighted by atomic mass is 16.1. The Balaban J connectivity index is 1.71. The minimum absolute atomic E-state index is 0.0244. The molecule has 0 aromatic heterocycles. The fourth-order valence-corrected chi connectivity index (χ4v) is 3.54. The lowest BCUT2D eigenvalue weighted by atomic mass is 9.98. The summed E-state index contributed by atoms with van der Waals surface area (Å²) in [6, 6.07) is 6.44. The van der Waals surface area contributed by atoms with Crippen LogP contribution in [-0.2, 0) is 0 Å². The molecule has 0 aliphatic carbocycles. The van der Waals surface area contributed by atoms with Gasteiger partial charge in [0.15, 0.2) is 0 Å². The van der Waals surface area contributed by atoms with Crippen LogP contribution in [0.25, 0.3) is 0 Å². The molecule has 2 unspecified atom stereocenters. The number of nitrogens with zero attached hydrogens (tertiary/aromatic N) is 1. The van der Waals surface area contributed by atoms with E-state index in [-0.39, 0.29) is 11.9 Å². The number of hydrogen-bond acceptors (Lipinski definition) is 3. The number of hydrogen-bond donors (Lipinski definition) is 2. The van der Waals surface area contributed by atoms with E-state index in [0.717, 1.165) is 18.5 Å². The zero-order valence-electron chi connectivity index (χ0n) is 12.1. The lowest BCUT2D eigenvalue weighted by Gasteiger charge is -2.32. The van der Waals surface area contributed by atoms with Gasteiger partial charge in [-0.25, -0.2) is 0 Å². The van der Waals surface area contributed by atoms with Crippen LogP contribution in [0.3, 0.4) is 0 Å². The number of nitrogens with two attached hydrogens (primary N) is 1. The van der Waals surface area contributed by atoms with E-state index in [1.165, 1.54) is 25.8 Å². The fraction of sp³-hybridized carbons (Fsp3) is 0.562. The zero-order chi connectivity index (χ0) is 14.1. The summed E-state index contributed by atoms with van der Waals surface area (Å²) in [5, 5.41) is 3.20. The third-order valence-corrected chi connectivity index (χ3v) is 4.74. The quantitative estimate of drug-likeness (QED) is 0.810. The number of nitrogens with one attached hydrogen (secondary N) is 1. The summed E-state index contributed by atoms with van der Waals surface area (Å²) in [6.07, 6.45) is 4.83. The molecule has 1 amide bonds. The third-order valence-electron chi connectivity index (χ3n) is 4.74. The van der Waals surface area contributed by atoms with E-state index in [1.807, 2.05) is 25.1 Å². The van der Waals surface area contributed by atoms with E-state index in [4.69, 9.17) is 5.73 Å². The third kappa shape index (κ3) is 2.40. The second-order valence-electron chi connectivity index (χ2n) is 6.00. The Bertz CT molecular complexity index is 514. The van der Waals surface area contributed by atoms with Crippen molar-refractivity contribution in [1.82, 2.24) is 10.2 Å². The van der Waals surface area contributed by atoms with Gasteiger partial charge < -0.3 is 11.1 Å². The SMILES string of the molecule is Cc1cccc(C(=O)NC2CCN3CCCCC23)c1N. The van der Waals surface area contributed by atoms with Crippen molar-refractivity contribution >= 4 is 11.6 Å². The first-order chi connectivity index (χ1) is 9.66. The molecular formula is C16H23N3O. The van der Waals surface area contributed by atoms with Crippen molar-refractivity contribution in [2.75, 3.05) is 18.8 Å². The van der Waals surface area contributed by atoms with Gasteiger partial charge in [0, 0.05) is 24.3 Å². The molecule has 0 radical (unpaired) electrons. The number of aryl methyl sites for hydroxylation is 1. The molecule has 3 rings (SSSR count). The van der Waals surface area contributed by atoms with Crippen LogP contribution in [0.15, 0.2) is 18.2 Å². The highest BCUT2D eigenvalue weighted by Gasteiger charge is 2.36. The second-order valence-corrected chi connectivity index (χ2v) is 6.00. The number of anilines is 1.